The van der Waals surface area contributed by atoms with Crippen LogP contribution in [-0.4, -0.2) is 11.5 Å². The van der Waals surface area contributed by atoms with Gasteiger partial charge in [0, 0.05) is 12.7 Å². The Balaban J connectivity index is 0.000000138. The summed E-state index contributed by atoms with van der Waals surface area (Å²) in [6.07, 6.45) is 2.73. The van der Waals surface area contributed by atoms with Crippen LogP contribution in [0.15, 0.2) is 47.4 Å². The summed E-state index contributed by atoms with van der Waals surface area (Å²) >= 11 is 0. The van der Waals surface area contributed by atoms with Gasteiger partial charge < -0.3 is 16.0 Å². The van der Waals surface area contributed by atoms with Crippen molar-refractivity contribution in [3.05, 3.63) is 64.1 Å². The van der Waals surface area contributed by atoms with Gasteiger partial charge in [-0.05, 0) is 36.2 Å². The minimum absolute atomic E-state index is 0.229. The van der Waals surface area contributed by atoms with Crippen molar-refractivity contribution in [2.24, 2.45) is 0 Å². The van der Waals surface area contributed by atoms with E-state index in [1.54, 1.807) is 18.3 Å². The molecule has 3 rings (SSSR count). The van der Waals surface area contributed by atoms with Crippen LogP contribution in [0.4, 0.5) is 5.69 Å². The van der Waals surface area contributed by atoms with Crippen LogP contribution in [0.2, 0.25) is 0 Å². The fourth-order valence-corrected chi connectivity index (χ4v) is 1.85. The van der Waals surface area contributed by atoms with Crippen molar-refractivity contribution < 1.29 is 0 Å². The normalized spacial score (nSPS) is 13.1. The molecule has 0 spiro atoms. The first kappa shape index (κ1) is 12.4. The minimum atomic E-state index is -0.229. The lowest BCUT2D eigenvalue weighted by atomic mass is 10.0. The van der Waals surface area contributed by atoms with E-state index in [1.807, 2.05) is 0 Å². The fourth-order valence-electron chi connectivity index (χ4n) is 1.85. The molecule has 0 amide bonds. The van der Waals surface area contributed by atoms with Crippen LogP contribution in [0.5, 0.6) is 0 Å². The topological polar surface area (TPSA) is 70.9 Å². The van der Waals surface area contributed by atoms with Gasteiger partial charge in [0.25, 0.3) is 5.56 Å². The number of nitrogen functional groups attached to an aromatic ring is 1. The lowest BCUT2D eigenvalue weighted by Crippen LogP contribution is -2.23. The van der Waals surface area contributed by atoms with E-state index in [0.717, 1.165) is 13.1 Å². The number of rotatable bonds is 0. The van der Waals surface area contributed by atoms with Gasteiger partial charge in [0.15, 0.2) is 0 Å². The maximum Gasteiger partial charge on any atom is 0.271 e. The van der Waals surface area contributed by atoms with Gasteiger partial charge in [-0.25, -0.2) is 0 Å². The zero-order valence-electron chi connectivity index (χ0n) is 10.1. The van der Waals surface area contributed by atoms with Crippen molar-refractivity contribution in [2.75, 3.05) is 12.3 Å². The molecule has 1 aliphatic rings. The first-order valence-corrected chi connectivity index (χ1v) is 5.98. The molecule has 0 saturated carbocycles. The molecule has 4 N–H and O–H groups in total. The van der Waals surface area contributed by atoms with Crippen molar-refractivity contribution in [1.82, 2.24) is 10.3 Å². The smallest absolute Gasteiger partial charge is 0.271 e. The van der Waals surface area contributed by atoms with Crippen LogP contribution in [-0.2, 0) is 13.0 Å². The number of nitrogens with two attached hydrogens (primary N) is 1. The third-order valence-corrected chi connectivity index (χ3v) is 2.85. The van der Waals surface area contributed by atoms with Crippen LogP contribution < -0.4 is 16.6 Å². The summed E-state index contributed by atoms with van der Waals surface area (Å²) in [4.78, 5) is 12.9. The first-order valence-electron chi connectivity index (χ1n) is 5.98. The molecule has 0 radical (unpaired) electrons. The fraction of sp³-hybridized carbons (Fsp3) is 0.214. The summed E-state index contributed by atoms with van der Waals surface area (Å²) in [6, 6.07) is 11.9. The van der Waals surface area contributed by atoms with Gasteiger partial charge in [0.1, 0.15) is 0 Å². The number of benzene rings is 1. The third-order valence-electron chi connectivity index (χ3n) is 2.85. The molecule has 0 unspecified atom stereocenters. The average Bonchev–Trinajstić information content (AvgIpc) is 2.43. The maximum atomic E-state index is 10.4. The molecule has 0 bridgehead atoms. The predicted octanol–water partition coefficient (Wildman–Crippen LogP) is 1.29. The number of nitrogens with one attached hydrogen (secondary N) is 2. The van der Waals surface area contributed by atoms with E-state index < -0.39 is 0 Å². The number of aromatic amines is 1. The van der Waals surface area contributed by atoms with E-state index in [-0.39, 0.29) is 11.2 Å². The summed E-state index contributed by atoms with van der Waals surface area (Å²) in [7, 11) is 0. The molecule has 94 valence electrons. The molecule has 2 aromatic rings. The molecule has 0 aliphatic carbocycles. The summed E-state index contributed by atoms with van der Waals surface area (Å²) < 4.78 is 0. The van der Waals surface area contributed by atoms with E-state index in [1.165, 1.54) is 17.5 Å². The number of hydrogen-bond acceptors (Lipinski definition) is 3. The monoisotopic (exact) mass is 243 g/mol. The summed E-state index contributed by atoms with van der Waals surface area (Å²) in [6.45, 7) is 2.19. The highest BCUT2D eigenvalue weighted by atomic mass is 16.1. The Morgan fingerprint density at radius 2 is 1.83 bits per heavy atom. The van der Waals surface area contributed by atoms with Crippen LogP contribution >= 0.6 is 0 Å². The van der Waals surface area contributed by atoms with Crippen molar-refractivity contribution in [1.29, 1.82) is 0 Å². The molecule has 1 aliphatic heterocycles. The molecule has 1 aromatic carbocycles. The highest BCUT2D eigenvalue weighted by Crippen LogP contribution is 2.11. The minimum Gasteiger partial charge on any atom is -0.394 e. The molecule has 18 heavy (non-hydrogen) atoms. The summed E-state index contributed by atoms with van der Waals surface area (Å²) in [5.74, 6) is 0. The number of pyridine rings is 1. The van der Waals surface area contributed by atoms with Gasteiger partial charge in [-0.3, -0.25) is 4.79 Å². The molecule has 1 aromatic heterocycles. The van der Waals surface area contributed by atoms with Crippen LogP contribution in [0.3, 0.4) is 0 Å². The highest BCUT2D eigenvalue weighted by Gasteiger charge is 2.05. The van der Waals surface area contributed by atoms with Crippen molar-refractivity contribution in [2.45, 2.75) is 13.0 Å². The first-order chi connectivity index (χ1) is 8.77. The van der Waals surface area contributed by atoms with Crippen LogP contribution in [0.1, 0.15) is 11.1 Å². The zero-order valence-corrected chi connectivity index (χ0v) is 10.1. The Morgan fingerprint density at radius 1 is 1.06 bits per heavy atom. The summed E-state index contributed by atoms with van der Waals surface area (Å²) in [5, 5.41) is 3.34. The van der Waals surface area contributed by atoms with Crippen molar-refractivity contribution in [3.63, 3.8) is 0 Å². The molecular formula is C14H17N3O. The van der Waals surface area contributed by atoms with Gasteiger partial charge in [-0.2, -0.15) is 0 Å². The van der Waals surface area contributed by atoms with E-state index >= 15 is 0 Å². The number of anilines is 1. The van der Waals surface area contributed by atoms with Crippen LogP contribution in [0, 0.1) is 0 Å². The van der Waals surface area contributed by atoms with Crippen molar-refractivity contribution >= 4 is 5.69 Å². The van der Waals surface area contributed by atoms with Gasteiger partial charge in [0.2, 0.25) is 0 Å². The SMILES string of the molecule is Nc1ccc[nH]c1=O.c1ccc2c(c1)CCNC2. The van der Waals surface area contributed by atoms with E-state index in [4.69, 9.17) is 5.73 Å². The Hall–Kier alpha value is -2.07. The van der Waals surface area contributed by atoms with Gasteiger partial charge in [-0.1, -0.05) is 24.3 Å². The quantitative estimate of drug-likeness (QED) is 0.653. The van der Waals surface area contributed by atoms with Crippen LogP contribution in [0.25, 0.3) is 0 Å². The van der Waals surface area contributed by atoms with E-state index in [9.17, 15) is 4.79 Å². The summed E-state index contributed by atoms with van der Waals surface area (Å²) in [5.41, 5.74) is 8.19. The lowest BCUT2D eigenvalue weighted by Gasteiger charge is -2.15. The number of aromatic nitrogens is 1. The molecule has 0 saturated heterocycles. The second-order valence-electron chi connectivity index (χ2n) is 4.15. The highest BCUT2D eigenvalue weighted by molar-refractivity contribution is 5.32. The number of hydrogen-bond donors (Lipinski definition) is 3. The average molecular weight is 243 g/mol. The maximum absolute atomic E-state index is 10.4. The standard InChI is InChI=1S/C9H11N.C5H6N2O/c1-2-4-9-7-10-6-5-8(9)3-1;6-4-2-1-3-7-5(4)8/h1-4,10H,5-7H2;1-3H,6H2,(H,7,8). The Kier molecular flexibility index (Phi) is 4.15. The molecular weight excluding hydrogens is 226 g/mol. The molecule has 4 heteroatoms. The van der Waals surface area contributed by atoms with Crippen molar-refractivity contribution in [3.8, 4) is 0 Å². The second-order valence-corrected chi connectivity index (χ2v) is 4.15. The second kappa shape index (κ2) is 6.02. The molecule has 2 heterocycles. The Labute approximate surface area is 106 Å². The predicted molar refractivity (Wildman–Crippen MR) is 73.3 cm³/mol. The third kappa shape index (κ3) is 3.21. The Morgan fingerprint density at radius 3 is 2.44 bits per heavy atom. The number of fused-ring (bicyclic) bond motifs is 1. The molecule has 0 fully saturated rings. The largest absolute Gasteiger partial charge is 0.394 e. The Bertz CT molecular complexity index is 538. The molecule has 0 atom stereocenters. The van der Waals surface area contributed by atoms with E-state index in [0.29, 0.717) is 0 Å². The van der Waals surface area contributed by atoms with Gasteiger partial charge in [-0.15, -0.1) is 0 Å². The molecule has 4 nitrogen and oxygen atoms in total. The van der Waals surface area contributed by atoms with E-state index in [2.05, 4.69) is 34.6 Å². The lowest BCUT2D eigenvalue weighted by molar-refractivity contribution is 0.644. The number of H-pyrrole nitrogens is 1. The van der Waals surface area contributed by atoms with Gasteiger partial charge in [0.05, 0.1) is 5.69 Å². The van der Waals surface area contributed by atoms with Gasteiger partial charge >= 0.3 is 0 Å². The zero-order chi connectivity index (χ0) is 12.8.